The molecule has 0 saturated carbocycles. The molecule has 2 N–H and O–H groups in total. The Bertz CT molecular complexity index is 885. The minimum Gasteiger partial charge on any atom is -0.376 e. The summed E-state index contributed by atoms with van der Waals surface area (Å²) in [5, 5.41) is 15.8. The number of amides is 3. The van der Waals surface area contributed by atoms with Gasteiger partial charge in [0.05, 0.1) is 6.10 Å². The lowest BCUT2D eigenvalue weighted by Gasteiger charge is -2.31. The summed E-state index contributed by atoms with van der Waals surface area (Å²) in [6.45, 7) is 2.62. The molecule has 0 radical (unpaired) electrons. The van der Waals surface area contributed by atoms with Gasteiger partial charge in [-0.25, -0.2) is 4.79 Å². The molecular formula is C20H24ClN5O3S. The van der Waals surface area contributed by atoms with Crippen LogP contribution in [0.5, 0.6) is 0 Å². The van der Waals surface area contributed by atoms with Gasteiger partial charge in [-0.3, -0.25) is 4.79 Å². The van der Waals surface area contributed by atoms with Crippen molar-refractivity contribution in [3.05, 3.63) is 39.3 Å². The summed E-state index contributed by atoms with van der Waals surface area (Å²) in [6, 6.07) is 6.82. The van der Waals surface area contributed by atoms with Gasteiger partial charge in [0.15, 0.2) is 0 Å². The zero-order chi connectivity index (χ0) is 20.9. The number of piperidine rings is 1. The van der Waals surface area contributed by atoms with Crippen LogP contribution in [0.1, 0.15) is 46.4 Å². The van der Waals surface area contributed by atoms with E-state index in [4.69, 9.17) is 16.3 Å². The van der Waals surface area contributed by atoms with Crippen molar-refractivity contribution in [2.45, 2.75) is 37.7 Å². The van der Waals surface area contributed by atoms with Crippen molar-refractivity contribution in [2.75, 3.05) is 31.6 Å². The van der Waals surface area contributed by atoms with Crippen molar-refractivity contribution in [2.24, 2.45) is 0 Å². The summed E-state index contributed by atoms with van der Waals surface area (Å²) >= 11 is 7.15. The van der Waals surface area contributed by atoms with Crippen LogP contribution in [0.15, 0.2) is 24.3 Å². The zero-order valence-electron chi connectivity index (χ0n) is 16.5. The first kappa shape index (κ1) is 21.0. The van der Waals surface area contributed by atoms with Gasteiger partial charge in [-0.15, -0.1) is 10.2 Å². The topological polar surface area (TPSA) is 96.5 Å². The van der Waals surface area contributed by atoms with Crippen molar-refractivity contribution in [1.82, 2.24) is 20.4 Å². The number of hydrogen-bond donors (Lipinski definition) is 2. The summed E-state index contributed by atoms with van der Waals surface area (Å²) in [7, 11) is 0. The molecule has 160 valence electrons. The normalized spacial score (nSPS) is 21.4. The first-order valence-corrected chi connectivity index (χ1v) is 11.3. The Morgan fingerprint density at radius 1 is 1.20 bits per heavy atom. The predicted octanol–water partition coefficient (Wildman–Crippen LogP) is 3.51. The molecule has 2 aromatic rings. The third kappa shape index (κ3) is 5.27. The quantitative estimate of drug-likeness (QED) is 0.728. The largest absolute Gasteiger partial charge is 0.376 e. The van der Waals surface area contributed by atoms with E-state index in [0.717, 1.165) is 43.8 Å². The average molecular weight is 450 g/mol. The Hall–Kier alpha value is -2.23. The lowest BCUT2D eigenvalue weighted by molar-refractivity contribution is 0.102. The predicted molar refractivity (Wildman–Crippen MR) is 115 cm³/mol. The minimum atomic E-state index is -0.303. The maximum Gasteiger partial charge on any atom is 0.317 e. The highest BCUT2D eigenvalue weighted by Crippen LogP contribution is 2.29. The molecule has 0 spiro atoms. The maximum absolute atomic E-state index is 12.5. The second-order valence-corrected chi connectivity index (χ2v) is 8.96. The second kappa shape index (κ2) is 9.72. The van der Waals surface area contributed by atoms with Crippen LogP contribution in [0.25, 0.3) is 0 Å². The first-order valence-electron chi connectivity index (χ1n) is 10.1. The molecule has 3 heterocycles. The summed E-state index contributed by atoms with van der Waals surface area (Å²) < 4.78 is 5.56. The SMILES string of the molecule is O=C(Nc1ccc(Cl)cc1)c1nnc([C@H]2CCCN(C(=O)NC[C@@H]3CCCO3)C2)s1. The monoisotopic (exact) mass is 449 g/mol. The Balaban J connectivity index is 1.32. The lowest BCUT2D eigenvalue weighted by atomic mass is 9.99. The van der Waals surface area contributed by atoms with Gasteiger partial charge in [0.25, 0.3) is 5.91 Å². The molecule has 3 amide bonds. The molecule has 10 heteroatoms. The van der Waals surface area contributed by atoms with Gasteiger partial charge >= 0.3 is 6.03 Å². The highest BCUT2D eigenvalue weighted by Gasteiger charge is 2.28. The number of benzene rings is 1. The summed E-state index contributed by atoms with van der Waals surface area (Å²) in [4.78, 5) is 26.8. The van der Waals surface area contributed by atoms with Crippen LogP contribution >= 0.6 is 22.9 Å². The Morgan fingerprint density at radius 3 is 2.80 bits per heavy atom. The molecule has 8 nitrogen and oxygen atoms in total. The summed E-state index contributed by atoms with van der Waals surface area (Å²) in [5.74, 6) is -0.218. The third-order valence-electron chi connectivity index (χ3n) is 5.30. The van der Waals surface area contributed by atoms with Gasteiger partial charge in [-0.2, -0.15) is 0 Å². The number of carbonyl (C=O) groups excluding carboxylic acids is 2. The van der Waals surface area contributed by atoms with E-state index in [-0.39, 0.29) is 24.0 Å². The van der Waals surface area contributed by atoms with Gasteiger partial charge < -0.3 is 20.3 Å². The number of hydrogen-bond acceptors (Lipinski definition) is 6. The van der Waals surface area contributed by atoms with E-state index in [9.17, 15) is 9.59 Å². The Morgan fingerprint density at radius 2 is 2.03 bits per heavy atom. The third-order valence-corrected chi connectivity index (χ3v) is 6.64. The van der Waals surface area contributed by atoms with E-state index in [1.807, 2.05) is 4.90 Å². The molecule has 0 unspecified atom stereocenters. The van der Waals surface area contributed by atoms with E-state index < -0.39 is 0 Å². The second-order valence-electron chi connectivity index (χ2n) is 7.51. The highest BCUT2D eigenvalue weighted by molar-refractivity contribution is 7.13. The van der Waals surface area contributed by atoms with E-state index >= 15 is 0 Å². The minimum absolute atomic E-state index is 0.0691. The first-order chi connectivity index (χ1) is 14.6. The van der Waals surface area contributed by atoms with Gasteiger partial charge in [0, 0.05) is 42.9 Å². The van der Waals surface area contributed by atoms with Gasteiger partial charge in [-0.1, -0.05) is 22.9 Å². The van der Waals surface area contributed by atoms with Crippen LogP contribution in [0.4, 0.5) is 10.5 Å². The van der Waals surface area contributed by atoms with Crippen LogP contribution in [-0.2, 0) is 4.74 Å². The van der Waals surface area contributed by atoms with Crippen molar-refractivity contribution in [3.8, 4) is 0 Å². The number of nitrogens with one attached hydrogen (secondary N) is 2. The Kier molecular flexibility index (Phi) is 6.81. The number of ether oxygens (including phenoxy) is 1. The molecular weight excluding hydrogens is 426 g/mol. The van der Waals surface area contributed by atoms with Gasteiger partial charge in [-0.05, 0) is 49.9 Å². The molecule has 2 saturated heterocycles. The van der Waals surface area contributed by atoms with Crippen molar-refractivity contribution >= 4 is 40.6 Å². The van der Waals surface area contributed by atoms with E-state index in [1.165, 1.54) is 11.3 Å². The fourth-order valence-electron chi connectivity index (χ4n) is 3.69. The zero-order valence-corrected chi connectivity index (χ0v) is 18.0. The highest BCUT2D eigenvalue weighted by atomic mass is 35.5. The number of carbonyl (C=O) groups is 2. The molecule has 2 fully saturated rings. The number of aromatic nitrogens is 2. The Labute approximate surface area is 184 Å². The van der Waals surface area contributed by atoms with E-state index in [0.29, 0.717) is 28.8 Å². The molecule has 2 aliphatic rings. The molecule has 2 aliphatic heterocycles. The standard InChI is InChI=1S/C20H24ClN5O3S/c21-14-5-7-15(8-6-14)23-17(27)19-25-24-18(30-19)13-3-1-9-26(12-13)20(28)22-11-16-4-2-10-29-16/h5-8,13,16H,1-4,9-12H2,(H,22,28)(H,23,27)/t13-,16-/m0/s1. The van der Waals surface area contributed by atoms with E-state index in [1.54, 1.807) is 24.3 Å². The van der Waals surface area contributed by atoms with Crippen LogP contribution < -0.4 is 10.6 Å². The lowest BCUT2D eigenvalue weighted by Crippen LogP contribution is -2.46. The maximum atomic E-state index is 12.5. The molecule has 30 heavy (non-hydrogen) atoms. The van der Waals surface area contributed by atoms with Crippen LogP contribution in [0.2, 0.25) is 5.02 Å². The fraction of sp³-hybridized carbons (Fsp3) is 0.500. The molecule has 4 rings (SSSR count). The number of likely N-dealkylation sites (tertiary alicyclic amines) is 1. The number of halogens is 1. The molecule has 0 bridgehead atoms. The summed E-state index contributed by atoms with van der Waals surface area (Å²) in [6.07, 6.45) is 3.98. The number of nitrogens with zero attached hydrogens (tertiary/aromatic N) is 3. The number of rotatable bonds is 5. The number of urea groups is 1. The molecule has 1 aromatic carbocycles. The van der Waals surface area contributed by atoms with E-state index in [2.05, 4.69) is 20.8 Å². The van der Waals surface area contributed by atoms with Crippen LogP contribution in [0, 0.1) is 0 Å². The van der Waals surface area contributed by atoms with Crippen molar-refractivity contribution in [3.63, 3.8) is 0 Å². The average Bonchev–Trinajstić information content (AvgIpc) is 3.46. The van der Waals surface area contributed by atoms with Crippen LogP contribution in [-0.4, -0.2) is 59.4 Å². The smallest absolute Gasteiger partial charge is 0.317 e. The van der Waals surface area contributed by atoms with Gasteiger partial charge in [0.1, 0.15) is 5.01 Å². The molecule has 1 aromatic heterocycles. The summed E-state index contributed by atoms with van der Waals surface area (Å²) in [5.41, 5.74) is 0.646. The molecule has 2 atom stereocenters. The fourth-order valence-corrected chi connectivity index (χ4v) is 4.68. The molecule has 0 aliphatic carbocycles. The number of anilines is 1. The van der Waals surface area contributed by atoms with Crippen molar-refractivity contribution in [1.29, 1.82) is 0 Å². The van der Waals surface area contributed by atoms with Crippen LogP contribution in [0.3, 0.4) is 0 Å². The van der Waals surface area contributed by atoms with Gasteiger partial charge in [0.2, 0.25) is 5.01 Å². The van der Waals surface area contributed by atoms with Crippen molar-refractivity contribution < 1.29 is 14.3 Å².